The van der Waals surface area contributed by atoms with E-state index in [1.807, 2.05) is 11.0 Å². The van der Waals surface area contributed by atoms with Gasteiger partial charge in [-0.05, 0) is 36.4 Å². The molecule has 158 valence electrons. The average Bonchev–Trinajstić information content (AvgIpc) is 3.17. The molecule has 2 aliphatic heterocycles. The lowest BCUT2D eigenvalue weighted by atomic mass is 10.2. The summed E-state index contributed by atoms with van der Waals surface area (Å²) in [5.41, 5.74) is 1.05. The molecule has 2 fully saturated rings. The fourth-order valence-corrected chi connectivity index (χ4v) is 7.71. The normalized spacial score (nSPS) is 23.4. The monoisotopic (exact) mass is 466 g/mol. The summed E-state index contributed by atoms with van der Waals surface area (Å²) in [6.07, 6.45) is 0. The Kier molecular flexibility index (Phi) is 5.69. The van der Waals surface area contributed by atoms with Gasteiger partial charge in [0.1, 0.15) is 0 Å². The van der Waals surface area contributed by atoms with Crippen LogP contribution in [-0.2, 0) is 9.84 Å². The highest BCUT2D eigenvalue weighted by Crippen LogP contribution is 2.41. The minimum Gasteiger partial charge on any atom is -0.493 e. The van der Waals surface area contributed by atoms with E-state index in [1.165, 1.54) is 26.0 Å². The number of fused-ring (bicyclic) bond motifs is 1. The molecule has 10 heteroatoms. The second-order valence-corrected chi connectivity index (χ2v) is 10.7. The predicted molar refractivity (Wildman–Crippen MR) is 119 cm³/mol. The summed E-state index contributed by atoms with van der Waals surface area (Å²) >= 11 is 7.46. The summed E-state index contributed by atoms with van der Waals surface area (Å²) in [6.45, 7) is 0. The molecular formula is C20H19ClN2O5S2. The zero-order valence-electron chi connectivity index (χ0n) is 16.2. The Morgan fingerprint density at radius 2 is 1.90 bits per heavy atom. The smallest absolute Gasteiger partial charge is 0.279 e. The molecule has 1 amide bonds. The van der Waals surface area contributed by atoms with Crippen LogP contribution in [0.2, 0.25) is 5.02 Å². The van der Waals surface area contributed by atoms with Crippen molar-refractivity contribution in [2.75, 3.05) is 30.6 Å². The number of hydrogen-bond acceptors (Lipinski definition) is 6. The lowest BCUT2D eigenvalue weighted by molar-refractivity contribution is 0.100. The van der Waals surface area contributed by atoms with Crippen LogP contribution in [0.1, 0.15) is 10.4 Å². The number of benzene rings is 2. The number of halogens is 1. The number of rotatable bonds is 4. The molecule has 0 saturated carbocycles. The number of aliphatic imine (C=N–C) groups is 1. The number of sulfone groups is 1. The van der Waals surface area contributed by atoms with Gasteiger partial charge in [-0.2, -0.15) is 4.99 Å². The topological polar surface area (TPSA) is 85.3 Å². The molecule has 30 heavy (non-hydrogen) atoms. The van der Waals surface area contributed by atoms with Gasteiger partial charge in [-0.1, -0.05) is 29.4 Å². The number of amidine groups is 1. The number of carbonyl (C=O) groups excluding carboxylic acids is 1. The van der Waals surface area contributed by atoms with Crippen molar-refractivity contribution in [1.29, 1.82) is 0 Å². The number of amides is 1. The van der Waals surface area contributed by atoms with Gasteiger partial charge in [-0.25, -0.2) is 8.42 Å². The standard InChI is InChI=1S/C20H19ClN2O5S2/c1-27-16-7-6-12(8-17(16)28-2)19(24)22-20-23(14-5-3-4-13(21)9-14)15-10-30(25,26)11-18(15)29-20/h3-9,15,18H,10-11H2,1-2H3/t15-,18-/m1/s1. The summed E-state index contributed by atoms with van der Waals surface area (Å²) in [4.78, 5) is 19.0. The largest absolute Gasteiger partial charge is 0.493 e. The van der Waals surface area contributed by atoms with E-state index in [1.54, 1.807) is 36.4 Å². The Morgan fingerprint density at radius 1 is 1.13 bits per heavy atom. The Bertz CT molecular complexity index is 1140. The van der Waals surface area contributed by atoms with Crippen LogP contribution in [0.15, 0.2) is 47.5 Å². The van der Waals surface area contributed by atoms with E-state index in [0.717, 1.165) is 0 Å². The Hall–Kier alpha value is -2.23. The molecule has 7 nitrogen and oxygen atoms in total. The SMILES string of the molecule is COc1ccc(C(=O)N=C2S[C@@H]3CS(=O)(=O)C[C@H]3N2c2cccc(Cl)c2)cc1OC. The summed E-state index contributed by atoms with van der Waals surface area (Å²) in [5, 5.41) is 0.792. The molecular weight excluding hydrogens is 448 g/mol. The van der Waals surface area contributed by atoms with Crippen molar-refractivity contribution in [1.82, 2.24) is 0 Å². The van der Waals surface area contributed by atoms with Crippen molar-refractivity contribution in [2.24, 2.45) is 4.99 Å². The maximum Gasteiger partial charge on any atom is 0.279 e. The van der Waals surface area contributed by atoms with Crippen LogP contribution in [0.25, 0.3) is 0 Å². The van der Waals surface area contributed by atoms with Gasteiger partial charge in [0.15, 0.2) is 26.5 Å². The predicted octanol–water partition coefficient (Wildman–Crippen LogP) is 3.27. The molecule has 2 heterocycles. The van der Waals surface area contributed by atoms with Gasteiger partial charge < -0.3 is 14.4 Å². The number of carbonyl (C=O) groups is 1. The van der Waals surface area contributed by atoms with Crippen molar-refractivity contribution in [2.45, 2.75) is 11.3 Å². The fraction of sp³-hybridized carbons (Fsp3) is 0.300. The maximum absolute atomic E-state index is 12.9. The molecule has 2 aromatic carbocycles. The molecule has 0 spiro atoms. The van der Waals surface area contributed by atoms with Crippen molar-refractivity contribution < 1.29 is 22.7 Å². The minimum atomic E-state index is -3.14. The van der Waals surface area contributed by atoms with E-state index in [0.29, 0.717) is 32.9 Å². The van der Waals surface area contributed by atoms with E-state index in [4.69, 9.17) is 21.1 Å². The lowest BCUT2D eigenvalue weighted by Crippen LogP contribution is -2.37. The number of ether oxygens (including phenoxy) is 2. The van der Waals surface area contributed by atoms with E-state index >= 15 is 0 Å². The molecule has 0 aromatic heterocycles. The van der Waals surface area contributed by atoms with Crippen LogP contribution in [0, 0.1) is 0 Å². The molecule has 2 saturated heterocycles. The molecule has 2 aromatic rings. The lowest BCUT2D eigenvalue weighted by Gasteiger charge is -2.24. The van der Waals surface area contributed by atoms with Crippen LogP contribution in [0.4, 0.5) is 5.69 Å². The average molecular weight is 467 g/mol. The first-order valence-corrected chi connectivity index (χ1v) is 12.2. The van der Waals surface area contributed by atoms with Gasteiger partial charge >= 0.3 is 0 Å². The van der Waals surface area contributed by atoms with Gasteiger partial charge in [0, 0.05) is 21.5 Å². The van der Waals surface area contributed by atoms with Crippen molar-refractivity contribution >= 4 is 50.0 Å². The molecule has 0 unspecified atom stereocenters. The number of methoxy groups -OCH3 is 2. The number of hydrogen-bond donors (Lipinski definition) is 0. The Morgan fingerprint density at radius 3 is 2.60 bits per heavy atom. The summed E-state index contributed by atoms with van der Waals surface area (Å²) in [5.74, 6) is 0.562. The minimum absolute atomic E-state index is 0.0146. The van der Waals surface area contributed by atoms with Gasteiger partial charge in [0.2, 0.25) is 0 Å². The second kappa shape index (κ2) is 8.13. The zero-order chi connectivity index (χ0) is 21.5. The highest BCUT2D eigenvalue weighted by molar-refractivity contribution is 8.16. The molecule has 0 aliphatic carbocycles. The van der Waals surface area contributed by atoms with E-state index < -0.39 is 15.7 Å². The summed E-state index contributed by atoms with van der Waals surface area (Å²) < 4.78 is 34.8. The van der Waals surface area contributed by atoms with Crippen LogP contribution >= 0.6 is 23.4 Å². The van der Waals surface area contributed by atoms with Crippen LogP contribution < -0.4 is 14.4 Å². The van der Waals surface area contributed by atoms with Crippen LogP contribution in [-0.4, -0.2) is 56.5 Å². The zero-order valence-corrected chi connectivity index (χ0v) is 18.6. The summed E-state index contributed by atoms with van der Waals surface area (Å²) in [6, 6.07) is 11.6. The quantitative estimate of drug-likeness (QED) is 0.683. The fourth-order valence-electron chi connectivity index (χ4n) is 3.61. The van der Waals surface area contributed by atoms with Gasteiger partial charge in [0.25, 0.3) is 5.91 Å². The third-order valence-corrected chi connectivity index (χ3v) is 8.43. The van der Waals surface area contributed by atoms with Crippen LogP contribution in [0.3, 0.4) is 0 Å². The Balaban J connectivity index is 1.71. The first-order chi connectivity index (χ1) is 14.3. The summed E-state index contributed by atoms with van der Waals surface area (Å²) in [7, 11) is -0.131. The third kappa shape index (κ3) is 4.01. The molecule has 0 N–H and O–H groups in total. The number of nitrogens with zero attached hydrogens (tertiary/aromatic N) is 2. The number of thioether (sulfide) groups is 1. The third-order valence-electron chi connectivity index (χ3n) is 4.98. The highest BCUT2D eigenvalue weighted by Gasteiger charge is 2.49. The first kappa shape index (κ1) is 21.0. The van der Waals surface area contributed by atoms with Gasteiger partial charge in [-0.15, -0.1) is 0 Å². The second-order valence-electron chi connectivity index (χ2n) is 6.92. The molecule has 2 aliphatic rings. The van der Waals surface area contributed by atoms with Crippen molar-refractivity contribution in [3.63, 3.8) is 0 Å². The highest BCUT2D eigenvalue weighted by atomic mass is 35.5. The van der Waals surface area contributed by atoms with Crippen LogP contribution in [0.5, 0.6) is 11.5 Å². The van der Waals surface area contributed by atoms with E-state index in [2.05, 4.69) is 4.99 Å². The van der Waals surface area contributed by atoms with Gasteiger partial charge in [-0.3, -0.25) is 4.79 Å². The molecule has 0 bridgehead atoms. The molecule has 4 rings (SSSR count). The van der Waals surface area contributed by atoms with E-state index in [9.17, 15) is 13.2 Å². The molecule has 2 atom stereocenters. The van der Waals surface area contributed by atoms with Gasteiger partial charge in [0.05, 0.1) is 31.8 Å². The van der Waals surface area contributed by atoms with Crippen molar-refractivity contribution in [3.05, 3.63) is 53.1 Å². The number of anilines is 1. The Labute approximate surface area is 183 Å². The van der Waals surface area contributed by atoms with E-state index in [-0.39, 0.29) is 22.8 Å². The van der Waals surface area contributed by atoms with Crippen molar-refractivity contribution in [3.8, 4) is 11.5 Å². The molecule has 0 radical (unpaired) electrons. The first-order valence-electron chi connectivity index (χ1n) is 9.08. The maximum atomic E-state index is 12.9.